The van der Waals surface area contributed by atoms with Crippen molar-refractivity contribution in [2.45, 2.75) is 6.54 Å². The van der Waals surface area contributed by atoms with E-state index in [1.165, 1.54) is 0 Å². The van der Waals surface area contributed by atoms with Crippen LogP contribution >= 0.6 is 0 Å². The highest BCUT2D eigenvalue weighted by Gasteiger charge is 2.03. The molecule has 1 aromatic carbocycles. The first-order chi connectivity index (χ1) is 6.75. The molecule has 1 aromatic heterocycles. The summed E-state index contributed by atoms with van der Waals surface area (Å²) >= 11 is 0. The number of rotatable bonds is 2. The summed E-state index contributed by atoms with van der Waals surface area (Å²) in [6, 6.07) is 9.38. The van der Waals surface area contributed by atoms with Gasteiger partial charge in [-0.25, -0.2) is 4.79 Å². The minimum absolute atomic E-state index is 0.198. The van der Waals surface area contributed by atoms with Gasteiger partial charge in [0, 0.05) is 5.39 Å². The lowest BCUT2D eigenvalue weighted by molar-refractivity contribution is 0.193. The van der Waals surface area contributed by atoms with Crippen LogP contribution in [0.15, 0.2) is 34.7 Å². The summed E-state index contributed by atoms with van der Waals surface area (Å²) in [7, 11) is 0. The zero-order valence-electron chi connectivity index (χ0n) is 7.36. The van der Waals surface area contributed by atoms with Crippen LogP contribution in [0, 0.1) is 0 Å². The summed E-state index contributed by atoms with van der Waals surface area (Å²) in [6.45, 7) is 0.198. The quantitative estimate of drug-likeness (QED) is 0.764. The Labute approximate surface area is 80.1 Å². The minimum Gasteiger partial charge on any atom is -0.465 e. The fourth-order valence-electron chi connectivity index (χ4n) is 1.29. The molecule has 4 nitrogen and oxygen atoms in total. The highest BCUT2D eigenvalue weighted by molar-refractivity contribution is 5.77. The number of hydrogen-bond acceptors (Lipinski definition) is 2. The van der Waals surface area contributed by atoms with Crippen LogP contribution in [-0.4, -0.2) is 11.2 Å². The largest absolute Gasteiger partial charge is 0.465 e. The molecule has 0 atom stereocenters. The number of carboxylic acid groups (broad SMARTS) is 1. The van der Waals surface area contributed by atoms with E-state index in [4.69, 9.17) is 9.52 Å². The third kappa shape index (κ3) is 1.69. The van der Waals surface area contributed by atoms with Gasteiger partial charge in [-0.1, -0.05) is 18.2 Å². The van der Waals surface area contributed by atoms with Gasteiger partial charge >= 0.3 is 6.09 Å². The Kier molecular flexibility index (Phi) is 2.10. The molecule has 0 fully saturated rings. The Balaban J connectivity index is 2.22. The molecule has 0 unspecified atom stereocenters. The van der Waals surface area contributed by atoms with Gasteiger partial charge in [-0.05, 0) is 12.1 Å². The Bertz CT molecular complexity index is 428. The zero-order chi connectivity index (χ0) is 9.97. The molecule has 14 heavy (non-hydrogen) atoms. The Morgan fingerprint density at radius 2 is 2.21 bits per heavy atom. The Hall–Kier alpha value is -1.97. The summed E-state index contributed by atoms with van der Waals surface area (Å²) in [5, 5.41) is 11.6. The number of nitrogens with one attached hydrogen (secondary N) is 1. The van der Waals surface area contributed by atoms with Gasteiger partial charge in [-0.2, -0.15) is 0 Å². The summed E-state index contributed by atoms with van der Waals surface area (Å²) in [6.07, 6.45) is -1.05. The normalized spacial score (nSPS) is 10.3. The first-order valence-electron chi connectivity index (χ1n) is 4.20. The van der Waals surface area contributed by atoms with Gasteiger partial charge in [0.2, 0.25) is 0 Å². The van der Waals surface area contributed by atoms with Crippen LogP contribution < -0.4 is 5.32 Å². The molecular weight excluding hydrogens is 182 g/mol. The van der Waals surface area contributed by atoms with Crippen molar-refractivity contribution in [2.24, 2.45) is 0 Å². The first kappa shape index (κ1) is 8.62. The van der Waals surface area contributed by atoms with Crippen molar-refractivity contribution < 1.29 is 14.3 Å². The summed E-state index contributed by atoms with van der Waals surface area (Å²) < 4.78 is 5.39. The van der Waals surface area contributed by atoms with Gasteiger partial charge in [-0.3, -0.25) is 0 Å². The van der Waals surface area contributed by atoms with E-state index in [0.29, 0.717) is 5.76 Å². The second-order valence-corrected chi connectivity index (χ2v) is 2.91. The number of benzene rings is 1. The molecule has 0 spiro atoms. The molecule has 0 bridgehead atoms. The molecule has 2 N–H and O–H groups in total. The second-order valence-electron chi connectivity index (χ2n) is 2.91. The SMILES string of the molecule is O=C(O)NCc1cc2ccccc2o1. The fraction of sp³-hybridized carbons (Fsp3) is 0.100. The van der Waals surface area contributed by atoms with E-state index in [1.807, 2.05) is 30.3 Å². The Morgan fingerprint density at radius 3 is 2.93 bits per heavy atom. The van der Waals surface area contributed by atoms with Crippen molar-refractivity contribution in [1.29, 1.82) is 0 Å². The molecule has 0 saturated heterocycles. The van der Waals surface area contributed by atoms with Crippen molar-refractivity contribution >= 4 is 17.1 Å². The summed E-state index contributed by atoms with van der Waals surface area (Å²) in [5.74, 6) is 0.619. The third-order valence-corrected chi connectivity index (χ3v) is 1.89. The lowest BCUT2D eigenvalue weighted by atomic mass is 10.2. The number of furan rings is 1. The average Bonchev–Trinajstić information content (AvgIpc) is 2.57. The molecule has 0 aliphatic carbocycles. The third-order valence-electron chi connectivity index (χ3n) is 1.89. The van der Waals surface area contributed by atoms with Gasteiger partial charge in [0.15, 0.2) is 0 Å². The topological polar surface area (TPSA) is 62.5 Å². The van der Waals surface area contributed by atoms with Crippen LogP contribution in [-0.2, 0) is 6.54 Å². The molecule has 72 valence electrons. The number of amides is 1. The maximum absolute atomic E-state index is 10.2. The molecule has 4 heteroatoms. The molecule has 1 amide bonds. The lowest BCUT2D eigenvalue weighted by Gasteiger charge is -1.94. The number of carbonyl (C=O) groups is 1. The predicted molar refractivity (Wildman–Crippen MR) is 51.1 cm³/mol. The van der Waals surface area contributed by atoms with Gasteiger partial charge in [-0.15, -0.1) is 0 Å². The standard InChI is InChI=1S/C10H9NO3/c12-10(13)11-6-8-5-7-3-1-2-4-9(7)14-8/h1-5,11H,6H2,(H,12,13). The van der Waals surface area contributed by atoms with E-state index >= 15 is 0 Å². The van der Waals surface area contributed by atoms with Crippen LogP contribution in [0.5, 0.6) is 0 Å². The second kappa shape index (κ2) is 3.41. The monoisotopic (exact) mass is 191 g/mol. The summed E-state index contributed by atoms with van der Waals surface area (Å²) in [5.41, 5.74) is 0.773. The fourth-order valence-corrected chi connectivity index (χ4v) is 1.29. The van der Waals surface area contributed by atoms with E-state index in [2.05, 4.69) is 5.32 Å². The van der Waals surface area contributed by atoms with Crippen molar-refractivity contribution in [1.82, 2.24) is 5.32 Å². The molecule has 2 rings (SSSR count). The van der Waals surface area contributed by atoms with E-state index < -0.39 is 6.09 Å². The maximum atomic E-state index is 10.2. The average molecular weight is 191 g/mol. The maximum Gasteiger partial charge on any atom is 0.405 e. The van der Waals surface area contributed by atoms with Crippen molar-refractivity contribution in [2.75, 3.05) is 0 Å². The molecule has 0 saturated carbocycles. The van der Waals surface area contributed by atoms with Gasteiger partial charge in [0.05, 0.1) is 6.54 Å². The van der Waals surface area contributed by atoms with Crippen LogP contribution in [0.4, 0.5) is 4.79 Å². The zero-order valence-corrected chi connectivity index (χ0v) is 7.36. The highest BCUT2D eigenvalue weighted by atomic mass is 16.4. The van der Waals surface area contributed by atoms with E-state index in [9.17, 15) is 4.79 Å². The van der Waals surface area contributed by atoms with Crippen LogP contribution in [0.2, 0.25) is 0 Å². The van der Waals surface area contributed by atoms with E-state index in [1.54, 1.807) is 0 Å². The molecule has 0 radical (unpaired) electrons. The predicted octanol–water partition coefficient (Wildman–Crippen LogP) is 2.20. The molecule has 0 aliphatic heterocycles. The van der Waals surface area contributed by atoms with Crippen molar-refractivity contribution in [3.63, 3.8) is 0 Å². The number of para-hydroxylation sites is 1. The molecule has 1 heterocycles. The number of hydrogen-bond donors (Lipinski definition) is 2. The van der Waals surface area contributed by atoms with E-state index in [0.717, 1.165) is 11.0 Å². The molecular formula is C10H9NO3. The minimum atomic E-state index is -1.05. The smallest absolute Gasteiger partial charge is 0.405 e. The van der Waals surface area contributed by atoms with Crippen molar-refractivity contribution in [3.8, 4) is 0 Å². The van der Waals surface area contributed by atoms with Gasteiger partial charge < -0.3 is 14.8 Å². The van der Waals surface area contributed by atoms with E-state index in [-0.39, 0.29) is 6.54 Å². The number of fused-ring (bicyclic) bond motifs is 1. The Morgan fingerprint density at radius 1 is 1.43 bits per heavy atom. The molecule has 0 aliphatic rings. The molecule has 2 aromatic rings. The lowest BCUT2D eigenvalue weighted by Crippen LogP contribution is -2.19. The van der Waals surface area contributed by atoms with Crippen LogP contribution in [0.3, 0.4) is 0 Å². The highest BCUT2D eigenvalue weighted by Crippen LogP contribution is 2.18. The summed E-state index contributed by atoms with van der Waals surface area (Å²) in [4.78, 5) is 10.2. The van der Waals surface area contributed by atoms with Crippen molar-refractivity contribution in [3.05, 3.63) is 36.1 Å². The van der Waals surface area contributed by atoms with Gasteiger partial charge in [0.25, 0.3) is 0 Å². The van der Waals surface area contributed by atoms with Gasteiger partial charge in [0.1, 0.15) is 11.3 Å². The van der Waals surface area contributed by atoms with Crippen LogP contribution in [0.1, 0.15) is 5.76 Å². The first-order valence-corrected chi connectivity index (χ1v) is 4.20. The van der Waals surface area contributed by atoms with Crippen LogP contribution in [0.25, 0.3) is 11.0 Å².